The van der Waals surface area contributed by atoms with E-state index in [4.69, 9.17) is 4.74 Å². The number of hydrogen-bond donors (Lipinski definition) is 1. The summed E-state index contributed by atoms with van der Waals surface area (Å²) in [6.07, 6.45) is -0.0379. The number of aromatic nitrogens is 3. The normalized spacial score (nSPS) is 11.7. The maximum absolute atomic E-state index is 13.2. The molecule has 0 aliphatic heterocycles. The van der Waals surface area contributed by atoms with Gasteiger partial charge in [0.15, 0.2) is 5.69 Å². The molecule has 7 nitrogen and oxygen atoms in total. The van der Waals surface area contributed by atoms with Crippen molar-refractivity contribution in [3.05, 3.63) is 75.8 Å². The predicted molar refractivity (Wildman–Crippen MR) is 107 cm³/mol. The minimum absolute atomic E-state index is 0.0379. The summed E-state index contributed by atoms with van der Waals surface area (Å²) in [6.45, 7) is 1.69. The largest absolute Gasteiger partial charge is 0.469 e. The Hall–Kier alpha value is -3.07. The summed E-state index contributed by atoms with van der Waals surface area (Å²) in [5, 5.41) is 10.8. The van der Waals surface area contributed by atoms with Gasteiger partial charge in [-0.05, 0) is 48.9 Å². The second-order valence-corrected chi connectivity index (χ2v) is 7.19. The summed E-state index contributed by atoms with van der Waals surface area (Å²) >= 11 is 3.39. The fourth-order valence-corrected chi connectivity index (χ4v) is 3.24. The fourth-order valence-electron chi connectivity index (χ4n) is 2.82. The molecule has 3 rings (SSSR count). The van der Waals surface area contributed by atoms with Crippen LogP contribution in [0.15, 0.2) is 53.0 Å². The average Bonchev–Trinajstić information content (AvgIpc) is 3.09. The first-order valence-corrected chi connectivity index (χ1v) is 9.49. The molecule has 1 aromatic heterocycles. The summed E-state index contributed by atoms with van der Waals surface area (Å²) < 4.78 is 20.2. The van der Waals surface area contributed by atoms with Crippen molar-refractivity contribution in [1.29, 1.82) is 0 Å². The molecule has 9 heteroatoms. The lowest BCUT2D eigenvalue weighted by atomic mass is 10.0. The van der Waals surface area contributed by atoms with Gasteiger partial charge in [0.05, 0.1) is 31.0 Å². The van der Waals surface area contributed by atoms with Crippen LogP contribution >= 0.6 is 15.9 Å². The standard InChI is InChI=1S/C20H18BrFN4O3/c1-12-19(24-25-26(12)16-8-6-15(22)7-9-16)20(28)23-17(11-18(27)29-2)13-4-3-5-14(21)10-13/h3-10,17H,11H2,1-2H3,(H,23,28). The minimum atomic E-state index is -0.608. The van der Waals surface area contributed by atoms with Crippen LogP contribution < -0.4 is 5.32 Å². The van der Waals surface area contributed by atoms with E-state index < -0.39 is 17.9 Å². The number of ether oxygens (including phenoxy) is 1. The Morgan fingerprint density at radius 3 is 2.62 bits per heavy atom. The Morgan fingerprint density at radius 1 is 1.24 bits per heavy atom. The van der Waals surface area contributed by atoms with E-state index in [1.165, 1.54) is 23.9 Å². The minimum Gasteiger partial charge on any atom is -0.469 e. The van der Waals surface area contributed by atoms with Crippen molar-refractivity contribution >= 4 is 27.8 Å². The van der Waals surface area contributed by atoms with Gasteiger partial charge in [0.25, 0.3) is 5.91 Å². The zero-order chi connectivity index (χ0) is 21.0. The van der Waals surface area contributed by atoms with Gasteiger partial charge in [-0.2, -0.15) is 0 Å². The molecule has 1 atom stereocenters. The van der Waals surface area contributed by atoms with Crippen LogP contribution in [0.2, 0.25) is 0 Å². The molecule has 0 saturated heterocycles. The van der Waals surface area contributed by atoms with E-state index in [0.717, 1.165) is 10.0 Å². The lowest BCUT2D eigenvalue weighted by Gasteiger charge is -2.18. The number of nitrogens with zero attached hydrogens (tertiary/aromatic N) is 3. The molecule has 150 valence electrons. The van der Waals surface area contributed by atoms with Crippen molar-refractivity contribution in [2.75, 3.05) is 7.11 Å². The molecule has 29 heavy (non-hydrogen) atoms. The monoisotopic (exact) mass is 460 g/mol. The Balaban J connectivity index is 1.86. The molecule has 2 aromatic carbocycles. The third-order valence-corrected chi connectivity index (χ3v) is 4.83. The molecular formula is C20H18BrFN4O3. The number of halogens is 2. The quantitative estimate of drug-likeness (QED) is 0.568. The van der Waals surface area contributed by atoms with Gasteiger partial charge in [-0.1, -0.05) is 33.3 Å². The van der Waals surface area contributed by atoms with Crippen molar-refractivity contribution in [2.24, 2.45) is 0 Å². The molecule has 1 unspecified atom stereocenters. The predicted octanol–water partition coefficient (Wildman–Crippen LogP) is 3.51. The van der Waals surface area contributed by atoms with Gasteiger partial charge in [0, 0.05) is 4.47 Å². The molecule has 0 radical (unpaired) electrons. The van der Waals surface area contributed by atoms with Gasteiger partial charge in [-0.3, -0.25) is 9.59 Å². The molecule has 1 N–H and O–H groups in total. The number of esters is 1. The van der Waals surface area contributed by atoms with Crippen LogP contribution in [0.1, 0.15) is 34.2 Å². The summed E-state index contributed by atoms with van der Waals surface area (Å²) in [4.78, 5) is 24.7. The maximum atomic E-state index is 13.2. The highest BCUT2D eigenvalue weighted by Gasteiger charge is 2.24. The van der Waals surface area contributed by atoms with Gasteiger partial charge < -0.3 is 10.1 Å². The van der Waals surface area contributed by atoms with E-state index in [-0.39, 0.29) is 17.9 Å². The Kier molecular flexibility index (Phi) is 6.38. The van der Waals surface area contributed by atoms with E-state index in [1.807, 2.05) is 18.2 Å². The van der Waals surface area contributed by atoms with Crippen molar-refractivity contribution < 1.29 is 18.7 Å². The van der Waals surface area contributed by atoms with E-state index in [2.05, 4.69) is 31.6 Å². The Morgan fingerprint density at radius 2 is 1.97 bits per heavy atom. The number of benzene rings is 2. The number of hydrogen-bond acceptors (Lipinski definition) is 5. The zero-order valence-electron chi connectivity index (χ0n) is 15.7. The summed E-state index contributed by atoms with van der Waals surface area (Å²) in [5.41, 5.74) is 1.91. The summed E-state index contributed by atoms with van der Waals surface area (Å²) in [6, 6.07) is 12.4. The number of carbonyl (C=O) groups excluding carboxylic acids is 2. The van der Waals surface area contributed by atoms with Crippen LogP contribution in [-0.4, -0.2) is 34.0 Å². The van der Waals surface area contributed by atoms with Gasteiger partial charge >= 0.3 is 5.97 Å². The number of carbonyl (C=O) groups is 2. The lowest BCUT2D eigenvalue weighted by molar-refractivity contribution is -0.141. The van der Waals surface area contributed by atoms with Crippen molar-refractivity contribution in [3.8, 4) is 5.69 Å². The first kappa shape index (κ1) is 20.7. The number of methoxy groups -OCH3 is 1. The third-order valence-electron chi connectivity index (χ3n) is 4.34. The maximum Gasteiger partial charge on any atom is 0.307 e. The second-order valence-electron chi connectivity index (χ2n) is 6.27. The Labute approximate surface area is 175 Å². The average molecular weight is 461 g/mol. The highest BCUT2D eigenvalue weighted by Crippen LogP contribution is 2.22. The lowest BCUT2D eigenvalue weighted by Crippen LogP contribution is -2.31. The molecule has 1 amide bonds. The van der Waals surface area contributed by atoms with Crippen LogP contribution in [0.4, 0.5) is 4.39 Å². The van der Waals surface area contributed by atoms with Crippen LogP contribution in [0, 0.1) is 12.7 Å². The highest BCUT2D eigenvalue weighted by molar-refractivity contribution is 9.10. The zero-order valence-corrected chi connectivity index (χ0v) is 17.3. The first-order chi connectivity index (χ1) is 13.9. The van der Waals surface area contributed by atoms with E-state index >= 15 is 0 Å². The molecule has 0 bridgehead atoms. The van der Waals surface area contributed by atoms with Crippen molar-refractivity contribution in [3.63, 3.8) is 0 Å². The highest BCUT2D eigenvalue weighted by atomic mass is 79.9. The van der Waals surface area contributed by atoms with E-state index in [0.29, 0.717) is 11.4 Å². The SMILES string of the molecule is COC(=O)CC(NC(=O)c1nnn(-c2ccc(F)cc2)c1C)c1cccc(Br)c1. The van der Waals surface area contributed by atoms with Gasteiger partial charge in [0.2, 0.25) is 0 Å². The van der Waals surface area contributed by atoms with E-state index in [9.17, 15) is 14.0 Å². The molecule has 0 aliphatic carbocycles. The van der Waals surface area contributed by atoms with Crippen molar-refractivity contribution in [2.45, 2.75) is 19.4 Å². The second kappa shape index (κ2) is 8.95. The van der Waals surface area contributed by atoms with Crippen LogP contribution in [0.3, 0.4) is 0 Å². The topological polar surface area (TPSA) is 86.1 Å². The number of rotatable bonds is 6. The summed E-state index contributed by atoms with van der Waals surface area (Å²) in [7, 11) is 1.29. The molecular weight excluding hydrogens is 443 g/mol. The van der Waals surface area contributed by atoms with Crippen LogP contribution in [0.25, 0.3) is 5.69 Å². The van der Waals surface area contributed by atoms with Crippen LogP contribution in [-0.2, 0) is 9.53 Å². The number of nitrogens with one attached hydrogen (secondary N) is 1. The molecule has 1 heterocycles. The van der Waals surface area contributed by atoms with E-state index in [1.54, 1.807) is 25.1 Å². The van der Waals surface area contributed by atoms with Gasteiger partial charge in [0.1, 0.15) is 5.82 Å². The van der Waals surface area contributed by atoms with Crippen molar-refractivity contribution in [1.82, 2.24) is 20.3 Å². The summed E-state index contributed by atoms with van der Waals surface area (Å²) in [5.74, 6) is -1.31. The fraction of sp³-hybridized carbons (Fsp3) is 0.200. The molecule has 0 fully saturated rings. The number of amides is 1. The van der Waals surface area contributed by atoms with Gasteiger partial charge in [-0.15, -0.1) is 5.10 Å². The van der Waals surface area contributed by atoms with Crippen LogP contribution in [0.5, 0.6) is 0 Å². The smallest absolute Gasteiger partial charge is 0.307 e. The molecule has 0 aliphatic rings. The van der Waals surface area contributed by atoms with Gasteiger partial charge in [-0.25, -0.2) is 9.07 Å². The third kappa shape index (κ3) is 4.86. The Bertz CT molecular complexity index is 1040. The molecule has 0 spiro atoms. The molecule has 0 saturated carbocycles. The molecule has 3 aromatic rings. The first-order valence-electron chi connectivity index (χ1n) is 8.70.